The van der Waals surface area contributed by atoms with E-state index in [-0.39, 0.29) is 42.2 Å². The number of nitrogen functional groups attached to an aromatic ring is 1. The van der Waals surface area contributed by atoms with Gasteiger partial charge in [0.05, 0.1) is 27.4 Å². The standard InChI is InChI=1S/C25H40N7O19P3S/c1-12(23(37)38)24(39)55-7-6-27-14(33)4-5-28-21(36)18(35)25(2,3)9-48-54(45,46)51-53(43,44)47-8-13-17(50-52(40,41)42)16(34)22(49-13)32-11-31-15-19(26)29-10-30-20(15)32/h10-13,16-18,22,34-35H,4-9H2,1-3H3,(H,27,33)(H,28,36)(H,37,38)(H,43,44)(H,45,46)(H2,26,29,30)(H2,40,41,42)/p-4/t12-,13?,16?,17?,18?,22?/m0/s1. The van der Waals surface area contributed by atoms with Gasteiger partial charge in [-0.15, -0.1) is 0 Å². The quantitative estimate of drug-likeness (QED) is 0.0394. The highest BCUT2D eigenvalue weighted by Crippen LogP contribution is 2.56. The first-order chi connectivity index (χ1) is 25.3. The Balaban J connectivity index is 1.50. The number of fused-ring (bicyclic) bond motifs is 1. The minimum atomic E-state index is -5.93. The van der Waals surface area contributed by atoms with Gasteiger partial charge < -0.3 is 74.1 Å². The highest BCUT2D eigenvalue weighted by atomic mass is 32.2. The molecule has 0 spiro atoms. The van der Waals surface area contributed by atoms with Gasteiger partial charge in [0.2, 0.25) is 16.9 Å². The van der Waals surface area contributed by atoms with E-state index in [1.165, 1.54) is 6.92 Å². The maximum atomic E-state index is 12.5. The van der Waals surface area contributed by atoms with Crippen molar-refractivity contribution in [2.24, 2.45) is 11.3 Å². The summed E-state index contributed by atoms with van der Waals surface area (Å²) in [6.45, 7) is 0.941. The Kier molecular flexibility index (Phi) is 16.0. The minimum absolute atomic E-state index is 0.0104. The number of carbonyl (C=O) groups is 4. The number of imidazole rings is 1. The smallest absolute Gasteiger partial charge is 0.314 e. The van der Waals surface area contributed by atoms with Gasteiger partial charge in [-0.1, -0.05) is 25.6 Å². The zero-order valence-electron chi connectivity index (χ0n) is 28.9. The number of aliphatic hydroxyl groups excluding tert-OH is 2. The Bertz CT molecular complexity index is 1860. The molecule has 1 saturated heterocycles. The van der Waals surface area contributed by atoms with Crippen molar-refractivity contribution in [3.63, 3.8) is 0 Å². The molecule has 55 heavy (non-hydrogen) atoms. The Morgan fingerprint density at radius 1 is 1.07 bits per heavy atom. The monoisotopic (exact) mass is 863 g/mol. The second kappa shape index (κ2) is 19.0. The Hall–Kier alpha value is -2.97. The molecule has 0 aliphatic carbocycles. The van der Waals surface area contributed by atoms with Crippen LogP contribution < -0.4 is 35.9 Å². The summed E-state index contributed by atoms with van der Waals surface area (Å²) in [5, 5.41) is 34.1. The molecule has 0 saturated carbocycles. The van der Waals surface area contributed by atoms with E-state index in [2.05, 4.69) is 43.5 Å². The van der Waals surface area contributed by atoms with Gasteiger partial charge in [-0.3, -0.25) is 32.9 Å². The molecule has 2 aromatic rings. The fraction of sp³-hybridized carbons (Fsp3) is 0.640. The second-order valence-electron chi connectivity index (χ2n) is 12.2. The topological polar surface area (TPSA) is 412 Å². The Morgan fingerprint density at radius 3 is 2.36 bits per heavy atom. The van der Waals surface area contributed by atoms with Crippen LogP contribution in [0.5, 0.6) is 0 Å². The van der Waals surface area contributed by atoms with Crippen LogP contribution in [-0.2, 0) is 55.5 Å². The number of carbonyl (C=O) groups excluding carboxylic acids is 3. The van der Waals surface area contributed by atoms with Crippen LogP contribution in [0.25, 0.3) is 11.2 Å². The molecule has 0 radical (unpaired) electrons. The van der Waals surface area contributed by atoms with Crippen molar-refractivity contribution >= 4 is 75.1 Å². The number of aromatic nitrogens is 4. The number of hydrogen-bond donors (Lipinski definition) is 6. The minimum Gasteiger partial charge on any atom is -0.790 e. The number of hydrogen-bond acceptors (Lipinski definition) is 23. The summed E-state index contributed by atoms with van der Waals surface area (Å²) in [4.78, 5) is 106. The normalized spacial score (nSPS) is 22.3. The fourth-order valence-corrected chi connectivity index (χ4v) is 7.98. The SMILES string of the molecule is C[C@@H](C(=O)O)C(=O)SCCNC(=O)CCNC(=O)C(O)C(C)(C)COP(=O)([O-])OP(=O)([O-])OCC1OC(n2cnc3c(N)ncnc32)C(O)C1OP(=O)([O-])[O-]. The largest absolute Gasteiger partial charge is 0.790 e. The maximum Gasteiger partial charge on any atom is 0.314 e. The second-order valence-corrected chi connectivity index (χ2v) is 17.4. The molecule has 2 amide bonds. The fourth-order valence-electron chi connectivity index (χ4n) is 4.48. The van der Waals surface area contributed by atoms with Gasteiger partial charge in [-0.25, -0.2) is 19.3 Å². The molecule has 7 unspecified atom stereocenters. The number of anilines is 1. The molecule has 310 valence electrons. The predicted octanol–water partition coefficient (Wildman–Crippen LogP) is -4.14. The lowest BCUT2D eigenvalue weighted by atomic mass is 9.87. The average Bonchev–Trinajstić information content (AvgIpc) is 3.64. The van der Waals surface area contributed by atoms with E-state index in [9.17, 15) is 62.7 Å². The molecule has 3 heterocycles. The summed E-state index contributed by atoms with van der Waals surface area (Å²) in [7, 11) is -17.6. The number of aliphatic hydroxyl groups is 2. The molecular formula is C25H36N7O19P3S-4. The third-order valence-corrected chi connectivity index (χ3v) is 11.5. The third-order valence-electron chi connectivity index (χ3n) is 7.45. The zero-order chi connectivity index (χ0) is 41.5. The van der Waals surface area contributed by atoms with E-state index in [1.807, 2.05) is 0 Å². The Morgan fingerprint density at radius 2 is 1.73 bits per heavy atom. The van der Waals surface area contributed by atoms with Crippen molar-refractivity contribution < 1.29 is 90.4 Å². The van der Waals surface area contributed by atoms with Crippen molar-refractivity contribution in [1.29, 1.82) is 0 Å². The lowest BCUT2D eigenvalue weighted by Crippen LogP contribution is -2.46. The highest BCUT2D eigenvalue weighted by Gasteiger charge is 2.47. The number of phosphoric ester groups is 3. The number of nitrogens with two attached hydrogens (primary N) is 1. The lowest BCUT2D eigenvalue weighted by Gasteiger charge is -2.36. The molecule has 1 fully saturated rings. The number of nitrogens with one attached hydrogen (secondary N) is 2. The number of carboxylic acid groups (broad SMARTS) is 1. The summed E-state index contributed by atoms with van der Waals surface area (Å²) in [5.41, 5.74) is 3.99. The number of phosphoric acid groups is 3. The van der Waals surface area contributed by atoms with E-state index in [4.69, 9.17) is 15.6 Å². The van der Waals surface area contributed by atoms with E-state index < -0.39 is 102 Å². The molecule has 7 N–H and O–H groups in total. The molecule has 0 bridgehead atoms. The molecule has 1 aliphatic rings. The van der Waals surface area contributed by atoms with Crippen molar-refractivity contribution in [3.05, 3.63) is 12.7 Å². The zero-order valence-corrected chi connectivity index (χ0v) is 32.4. The number of ether oxygens (including phenoxy) is 1. The van der Waals surface area contributed by atoms with E-state index in [0.29, 0.717) is 11.8 Å². The van der Waals surface area contributed by atoms with Gasteiger partial charge in [0.1, 0.15) is 42.2 Å². The molecule has 26 nitrogen and oxygen atoms in total. The molecular weight excluding hydrogens is 827 g/mol. The third kappa shape index (κ3) is 13.6. The van der Waals surface area contributed by atoms with Crippen LogP contribution in [0, 0.1) is 11.3 Å². The van der Waals surface area contributed by atoms with E-state index in [1.54, 1.807) is 0 Å². The van der Waals surface area contributed by atoms with Crippen molar-refractivity contribution in [1.82, 2.24) is 30.2 Å². The van der Waals surface area contributed by atoms with Crippen LogP contribution in [0.2, 0.25) is 0 Å². The summed E-state index contributed by atoms with van der Waals surface area (Å²) in [6, 6.07) is 0. The van der Waals surface area contributed by atoms with Crippen molar-refractivity contribution in [2.75, 3.05) is 37.8 Å². The molecule has 8 atom stereocenters. The van der Waals surface area contributed by atoms with Crippen LogP contribution in [0.15, 0.2) is 12.7 Å². The molecule has 0 aromatic carbocycles. The molecule has 1 aliphatic heterocycles. The highest BCUT2D eigenvalue weighted by molar-refractivity contribution is 8.13. The predicted molar refractivity (Wildman–Crippen MR) is 175 cm³/mol. The van der Waals surface area contributed by atoms with Crippen LogP contribution in [0.4, 0.5) is 5.82 Å². The first-order valence-electron chi connectivity index (χ1n) is 15.6. The molecule has 3 rings (SSSR count). The van der Waals surface area contributed by atoms with Crippen LogP contribution in [0.1, 0.15) is 33.4 Å². The molecule has 2 aromatic heterocycles. The number of thioether (sulfide) groups is 1. The van der Waals surface area contributed by atoms with Gasteiger partial charge in [-0.05, 0) is 6.92 Å². The number of aliphatic carboxylic acids is 1. The van der Waals surface area contributed by atoms with Crippen molar-refractivity contribution in [2.45, 2.75) is 57.8 Å². The van der Waals surface area contributed by atoms with Crippen LogP contribution in [0.3, 0.4) is 0 Å². The number of rotatable bonds is 21. The first kappa shape index (κ1) is 46.4. The van der Waals surface area contributed by atoms with Gasteiger partial charge in [0.15, 0.2) is 17.7 Å². The lowest BCUT2D eigenvalue weighted by molar-refractivity contribution is -0.347. The van der Waals surface area contributed by atoms with Crippen LogP contribution >= 0.6 is 35.2 Å². The summed E-state index contributed by atoms with van der Waals surface area (Å²) >= 11 is 0.714. The number of amides is 2. The number of carboxylic acids is 1. The summed E-state index contributed by atoms with van der Waals surface area (Å²) in [6.07, 6.45) is -7.80. The Labute approximate surface area is 314 Å². The van der Waals surface area contributed by atoms with Gasteiger partial charge in [0.25, 0.3) is 15.6 Å². The van der Waals surface area contributed by atoms with Gasteiger partial charge >= 0.3 is 5.97 Å². The van der Waals surface area contributed by atoms with Gasteiger partial charge in [-0.2, -0.15) is 0 Å². The summed E-state index contributed by atoms with van der Waals surface area (Å²) in [5.74, 6) is -4.14. The van der Waals surface area contributed by atoms with E-state index >= 15 is 0 Å². The average molecular weight is 864 g/mol. The molecule has 30 heteroatoms. The maximum absolute atomic E-state index is 12.5. The van der Waals surface area contributed by atoms with Crippen LogP contribution in [-0.4, -0.2) is 114 Å². The summed E-state index contributed by atoms with van der Waals surface area (Å²) < 4.78 is 60.3. The van der Waals surface area contributed by atoms with E-state index in [0.717, 1.165) is 31.1 Å². The van der Waals surface area contributed by atoms with Gasteiger partial charge in [0, 0.05) is 30.7 Å². The first-order valence-corrected chi connectivity index (χ1v) is 20.9. The van der Waals surface area contributed by atoms with Crippen molar-refractivity contribution in [3.8, 4) is 0 Å². The number of nitrogens with zero attached hydrogens (tertiary/aromatic N) is 4.